The van der Waals surface area contributed by atoms with Crippen molar-refractivity contribution in [1.29, 1.82) is 0 Å². The Morgan fingerprint density at radius 2 is 1.74 bits per heavy atom. The number of hydrogen-bond donors (Lipinski definition) is 2. The number of rotatable bonds is 8. The molecule has 0 saturated heterocycles. The summed E-state index contributed by atoms with van der Waals surface area (Å²) < 4.78 is 0. The summed E-state index contributed by atoms with van der Waals surface area (Å²) in [6.45, 7) is 6.25. The Bertz CT molecular complexity index is 1050. The second-order valence-electron chi connectivity index (χ2n) is 7.85. The van der Waals surface area contributed by atoms with E-state index in [2.05, 4.69) is 29.3 Å². The molecule has 0 aliphatic carbocycles. The molecule has 2 aromatic carbocycles. The van der Waals surface area contributed by atoms with Crippen molar-refractivity contribution in [2.75, 3.05) is 11.9 Å². The average molecular weight is 438 g/mol. The molecule has 7 heteroatoms. The minimum atomic E-state index is -1.03. The van der Waals surface area contributed by atoms with Gasteiger partial charge in [0.2, 0.25) is 0 Å². The van der Waals surface area contributed by atoms with E-state index in [0.717, 1.165) is 22.0 Å². The molecule has 0 bridgehead atoms. The Morgan fingerprint density at radius 3 is 2.32 bits per heavy atom. The van der Waals surface area contributed by atoms with Crippen LogP contribution in [0.15, 0.2) is 54.6 Å². The van der Waals surface area contributed by atoms with E-state index in [1.165, 1.54) is 4.88 Å². The SMILES string of the molecule is Cc1sc(N(C)Cc2ccc(C(=O)NC(C(=O)O)C(C)C)cc2)nc1-c1ccccc1. The number of amides is 1. The number of carboxylic acids is 1. The Labute approximate surface area is 186 Å². The fourth-order valence-electron chi connectivity index (χ4n) is 3.25. The first kappa shape index (κ1) is 22.5. The van der Waals surface area contributed by atoms with Gasteiger partial charge in [0, 0.05) is 29.6 Å². The highest BCUT2D eigenvalue weighted by Gasteiger charge is 2.24. The maximum atomic E-state index is 12.4. The molecular weight excluding hydrogens is 410 g/mol. The Balaban J connectivity index is 1.67. The van der Waals surface area contributed by atoms with Crippen LogP contribution in [-0.2, 0) is 11.3 Å². The number of aromatic nitrogens is 1. The van der Waals surface area contributed by atoms with Crippen LogP contribution in [0.25, 0.3) is 11.3 Å². The van der Waals surface area contributed by atoms with Crippen molar-refractivity contribution in [3.63, 3.8) is 0 Å². The summed E-state index contributed by atoms with van der Waals surface area (Å²) in [5, 5.41) is 12.8. The van der Waals surface area contributed by atoms with Crippen molar-refractivity contribution in [3.8, 4) is 11.3 Å². The van der Waals surface area contributed by atoms with Crippen molar-refractivity contribution >= 4 is 28.3 Å². The molecular formula is C24H27N3O3S. The van der Waals surface area contributed by atoms with Crippen molar-refractivity contribution in [3.05, 3.63) is 70.6 Å². The second-order valence-corrected chi connectivity index (χ2v) is 9.04. The number of aryl methyl sites for hydroxylation is 1. The summed E-state index contributed by atoms with van der Waals surface area (Å²) >= 11 is 1.65. The van der Waals surface area contributed by atoms with Crippen molar-refractivity contribution < 1.29 is 14.7 Å². The van der Waals surface area contributed by atoms with Crippen LogP contribution >= 0.6 is 11.3 Å². The number of carbonyl (C=O) groups excluding carboxylic acids is 1. The third-order valence-electron chi connectivity index (χ3n) is 5.01. The molecule has 2 N–H and O–H groups in total. The largest absolute Gasteiger partial charge is 0.480 e. The fraction of sp³-hybridized carbons (Fsp3) is 0.292. The zero-order chi connectivity index (χ0) is 22.5. The van der Waals surface area contributed by atoms with Gasteiger partial charge < -0.3 is 15.3 Å². The topological polar surface area (TPSA) is 82.5 Å². The lowest BCUT2D eigenvalue weighted by atomic mass is 10.0. The van der Waals surface area contributed by atoms with Crippen LogP contribution in [0.5, 0.6) is 0 Å². The number of nitrogens with one attached hydrogen (secondary N) is 1. The van der Waals surface area contributed by atoms with Crippen LogP contribution in [0, 0.1) is 12.8 Å². The van der Waals surface area contributed by atoms with Gasteiger partial charge in [-0.15, -0.1) is 11.3 Å². The van der Waals surface area contributed by atoms with Gasteiger partial charge >= 0.3 is 5.97 Å². The van der Waals surface area contributed by atoms with Gasteiger partial charge in [0.1, 0.15) is 6.04 Å². The highest BCUT2D eigenvalue weighted by Crippen LogP contribution is 2.32. The molecule has 6 nitrogen and oxygen atoms in total. The molecule has 1 aromatic heterocycles. The highest BCUT2D eigenvalue weighted by atomic mass is 32.1. The lowest BCUT2D eigenvalue weighted by Gasteiger charge is -2.18. The van der Waals surface area contributed by atoms with E-state index in [-0.39, 0.29) is 11.8 Å². The predicted molar refractivity (Wildman–Crippen MR) is 125 cm³/mol. The Hall–Kier alpha value is -3.19. The van der Waals surface area contributed by atoms with Crippen LogP contribution < -0.4 is 10.2 Å². The molecule has 0 aliphatic heterocycles. The molecule has 1 unspecified atom stereocenters. The number of nitrogens with zero attached hydrogens (tertiary/aromatic N) is 2. The normalized spacial score (nSPS) is 11.9. The van der Waals surface area contributed by atoms with Gasteiger partial charge in [0.05, 0.1) is 5.69 Å². The Morgan fingerprint density at radius 1 is 1.10 bits per heavy atom. The van der Waals surface area contributed by atoms with Crippen LogP contribution in [0.2, 0.25) is 0 Å². The number of thiazole rings is 1. The predicted octanol–water partition coefficient (Wildman–Crippen LogP) is 4.59. The smallest absolute Gasteiger partial charge is 0.326 e. The van der Waals surface area contributed by atoms with Crippen LogP contribution in [0.1, 0.15) is 34.6 Å². The molecule has 31 heavy (non-hydrogen) atoms. The van der Waals surface area contributed by atoms with Crippen molar-refractivity contribution in [1.82, 2.24) is 10.3 Å². The van der Waals surface area contributed by atoms with Crippen molar-refractivity contribution in [2.45, 2.75) is 33.4 Å². The maximum absolute atomic E-state index is 12.4. The number of carboxylic acid groups (broad SMARTS) is 1. The zero-order valence-electron chi connectivity index (χ0n) is 18.1. The number of carbonyl (C=O) groups is 2. The summed E-state index contributed by atoms with van der Waals surface area (Å²) in [6, 6.07) is 16.4. The maximum Gasteiger partial charge on any atom is 0.326 e. The molecule has 1 heterocycles. The first-order valence-corrected chi connectivity index (χ1v) is 10.9. The molecule has 0 saturated carbocycles. The van der Waals surface area contributed by atoms with Gasteiger partial charge in [0.15, 0.2) is 5.13 Å². The fourth-order valence-corrected chi connectivity index (χ4v) is 4.14. The first-order valence-electron chi connectivity index (χ1n) is 10.1. The van der Waals surface area contributed by atoms with Gasteiger partial charge in [-0.2, -0.15) is 0 Å². The monoisotopic (exact) mass is 437 g/mol. The standard InChI is InChI=1S/C24H27N3O3S/c1-15(2)20(23(29)30)25-22(28)19-12-10-17(11-13-19)14-27(4)24-26-21(16(3)31-24)18-8-6-5-7-9-18/h5-13,15,20H,14H2,1-4H3,(H,25,28)(H,29,30). The number of benzene rings is 2. The highest BCUT2D eigenvalue weighted by molar-refractivity contribution is 7.16. The third-order valence-corrected chi connectivity index (χ3v) is 6.10. The van der Waals surface area contributed by atoms with E-state index in [1.54, 1.807) is 37.3 Å². The molecule has 3 aromatic rings. The minimum Gasteiger partial charge on any atom is -0.480 e. The summed E-state index contributed by atoms with van der Waals surface area (Å²) in [6.07, 6.45) is 0. The molecule has 3 rings (SSSR count). The molecule has 1 atom stereocenters. The first-order chi connectivity index (χ1) is 14.8. The summed E-state index contributed by atoms with van der Waals surface area (Å²) in [5.41, 5.74) is 3.58. The molecule has 0 radical (unpaired) electrons. The number of hydrogen-bond acceptors (Lipinski definition) is 5. The lowest BCUT2D eigenvalue weighted by Crippen LogP contribution is -2.44. The van der Waals surface area contributed by atoms with Gasteiger partial charge in [-0.3, -0.25) is 4.79 Å². The van der Waals surface area contributed by atoms with E-state index in [9.17, 15) is 14.7 Å². The van der Waals surface area contributed by atoms with E-state index >= 15 is 0 Å². The zero-order valence-corrected chi connectivity index (χ0v) is 18.9. The van der Waals surface area contributed by atoms with E-state index < -0.39 is 12.0 Å². The summed E-state index contributed by atoms with van der Waals surface area (Å²) in [7, 11) is 1.99. The van der Waals surface area contributed by atoms with E-state index in [1.807, 2.05) is 37.4 Å². The lowest BCUT2D eigenvalue weighted by molar-refractivity contribution is -0.140. The molecule has 162 valence electrons. The summed E-state index contributed by atoms with van der Waals surface area (Å²) in [5.74, 6) is -1.61. The quantitative estimate of drug-likeness (QED) is 0.538. The molecule has 0 aliphatic rings. The van der Waals surface area contributed by atoms with Gasteiger partial charge in [-0.25, -0.2) is 9.78 Å². The van der Waals surface area contributed by atoms with Gasteiger partial charge in [-0.1, -0.05) is 56.3 Å². The van der Waals surface area contributed by atoms with E-state index in [4.69, 9.17) is 4.98 Å². The molecule has 0 spiro atoms. The second kappa shape index (κ2) is 9.75. The minimum absolute atomic E-state index is 0.197. The Kier molecular flexibility index (Phi) is 7.07. The average Bonchev–Trinajstić information content (AvgIpc) is 3.14. The molecule has 1 amide bonds. The van der Waals surface area contributed by atoms with E-state index in [0.29, 0.717) is 12.1 Å². The van der Waals surface area contributed by atoms with Gasteiger partial charge in [-0.05, 0) is 30.5 Å². The third kappa shape index (κ3) is 5.49. The molecule has 0 fully saturated rings. The number of aliphatic carboxylic acids is 1. The number of anilines is 1. The van der Waals surface area contributed by atoms with Crippen LogP contribution in [-0.4, -0.2) is 35.1 Å². The van der Waals surface area contributed by atoms with Crippen LogP contribution in [0.3, 0.4) is 0 Å². The van der Waals surface area contributed by atoms with Crippen LogP contribution in [0.4, 0.5) is 5.13 Å². The van der Waals surface area contributed by atoms with Gasteiger partial charge in [0.25, 0.3) is 5.91 Å². The van der Waals surface area contributed by atoms with Crippen molar-refractivity contribution in [2.24, 2.45) is 5.92 Å². The summed E-state index contributed by atoms with van der Waals surface area (Å²) in [4.78, 5) is 31.8.